The lowest BCUT2D eigenvalue weighted by Gasteiger charge is -2.30. The molecule has 0 amide bonds. The van der Waals surface area contributed by atoms with Gasteiger partial charge in [-0.05, 0) is 37.5 Å². The van der Waals surface area contributed by atoms with Crippen LogP contribution in [0, 0.1) is 11.7 Å². The third-order valence-electron chi connectivity index (χ3n) is 3.20. The van der Waals surface area contributed by atoms with Crippen LogP contribution in [0.25, 0.3) is 0 Å². The Balaban J connectivity index is 3.12. The second-order valence-electron chi connectivity index (χ2n) is 5.24. The minimum absolute atomic E-state index is 0.0851. The predicted molar refractivity (Wildman–Crippen MR) is 76.2 cm³/mol. The van der Waals surface area contributed by atoms with E-state index >= 15 is 0 Å². The number of nitrogens with zero attached hydrogens (tertiary/aromatic N) is 2. The van der Waals surface area contributed by atoms with Gasteiger partial charge in [0.15, 0.2) is 5.84 Å². The normalized spacial score (nSPS) is 13.7. The molecule has 0 fully saturated rings. The van der Waals surface area contributed by atoms with Gasteiger partial charge in [0.25, 0.3) is 0 Å². The van der Waals surface area contributed by atoms with E-state index in [1.54, 1.807) is 6.07 Å². The summed E-state index contributed by atoms with van der Waals surface area (Å²) in [7, 11) is 1.93. The Morgan fingerprint density at radius 3 is 2.58 bits per heavy atom. The second-order valence-corrected chi connectivity index (χ2v) is 5.24. The molecule has 1 atom stereocenters. The highest BCUT2D eigenvalue weighted by Gasteiger charge is 2.17. The van der Waals surface area contributed by atoms with Crippen LogP contribution >= 0.6 is 0 Å². The van der Waals surface area contributed by atoms with Crippen LogP contribution in [0.1, 0.15) is 32.8 Å². The Kier molecular flexibility index (Phi) is 5.15. The van der Waals surface area contributed by atoms with Crippen LogP contribution in [0.15, 0.2) is 23.4 Å². The van der Waals surface area contributed by atoms with Gasteiger partial charge < -0.3 is 15.8 Å². The highest BCUT2D eigenvalue weighted by atomic mass is 19.1. The zero-order chi connectivity index (χ0) is 14.6. The number of oxime groups is 1. The molecule has 0 aliphatic heterocycles. The third-order valence-corrected chi connectivity index (χ3v) is 3.20. The SMILES string of the molecule is CC(C)CC(C)N(C)c1ccc(F)cc1C(N)=NO. The van der Waals surface area contributed by atoms with Crippen molar-refractivity contribution >= 4 is 11.5 Å². The summed E-state index contributed by atoms with van der Waals surface area (Å²) in [5.41, 5.74) is 6.77. The lowest BCUT2D eigenvalue weighted by molar-refractivity contribution is 0.318. The van der Waals surface area contributed by atoms with E-state index in [2.05, 4.69) is 25.9 Å². The molecule has 1 rings (SSSR count). The minimum Gasteiger partial charge on any atom is -0.409 e. The molecule has 0 aliphatic carbocycles. The summed E-state index contributed by atoms with van der Waals surface area (Å²) in [4.78, 5) is 2.02. The third kappa shape index (κ3) is 3.84. The van der Waals surface area contributed by atoms with E-state index in [1.165, 1.54) is 12.1 Å². The fourth-order valence-corrected chi connectivity index (χ4v) is 2.15. The Hall–Kier alpha value is -1.78. The number of benzene rings is 1. The van der Waals surface area contributed by atoms with Crippen LogP contribution in [0.3, 0.4) is 0 Å². The molecule has 4 nitrogen and oxygen atoms in total. The number of rotatable bonds is 5. The number of amidine groups is 1. The van der Waals surface area contributed by atoms with E-state index in [-0.39, 0.29) is 11.9 Å². The molecular formula is C14H22FN3O. The molecule has 5 heteroatoms. The summed E-state index contributed by atoms with van der Waals surface area (Å²) in [5, 5.41) is 11.8. The molecule has 0 aromatic heterocycles. The predicted octanol–water partition coefficient (Wildman–Crippen LogP) is 2.79. The largest absolute Gasteiger partial charge is 0.409 e. The average molecular weight is 267 g/mol. The van der Waals surface area contributed by atoms with Gasteiger partial charge in [-0.2, -0.15) is 0 Å². The van der Waals surface area contributed by atoms with Gasteiger partial charge in [-0.25, -0.2) is 4.39 Å². The molecule has 3 N–H and O–H groups in total. The number of hydrogen-bond acceptors (Lipinski definition) is 3. The second kappa shape index (κ2) is 6.41. The molecule has 0 spiro atoms. The Morgan fingerprint density at radius 2 is 2.05 bits per heavy atom. The summed E-state index contributed by atoms with van der Waals surface area (Å²) in [5.74, 6) is 0.0681. The monoisotopic (exact) mass is 267 g/mol. The van der Waals surface area contributed by atoms with Gasteiger partial charge in [0.1, 0.15) is 5.82 Å². The quantitative estimate of drug-likeness (QED) is 0.373. The van der Waals surface area contributed by atoms with Crippen molar-refractivity contribution in [1.29, 1.82) is 0 Å². The zero-order valence-electron chi connectivity index (χ0n) is 11.9. The standard InChI is InChI=1S/C14H22FN3O/c1-9(2)7-10(3)18(4)13-6-5-11(15)8-12(13)14(16)17-19/h5-6,8-10,19H,7H2,1-4H3,(H2,16,17). The molecule has 1 unspecified atom stereocenters. The maximum Gasteiger partial charge on any atom is 0.172 e. The Labute approximate surface area is 113 Å². The molecular weight excluding hydrogens is 245 g/mol. The maximum absolute atomic E-state index is 13.3. The van der Waals surface area contributed by atoms with Gasteiger partial charge in [0.2, 0.25) is 0 Å². The molecule has 1 aromatic rings. The van der Waals surface area contributed by atoms with E-state index < -0.39 is 5.82 Å². The summed E-state index contributed by atoms with van der Waals surface area (Å²) >= 11 is 0. The molecule has 106 valence electrons. The van der Waals surface area contributed by atoms with Crippen molar-refractivity contribution in [1.82, 2.24) is 0 Å². The van der Waals surface area contributed by atoms with Crippen molar-refractivity contribution in [2.24, 2.45) is 16.8 Å². The van der Waals surface area contributed by atoms with Crippen molar-refractivity contribution in [2.75, 3.05) is 11.9 Å². The number of halogens is 1. The fraction of sp³-hybridized carbons (Fsp3) is 0.500. The van der Waals surface area contributed by atoms with Gasteiger partial charge in [-0.3, -0.25) is 0 Å². The Bertz CT molecular complexity index is 460. The smallest absolute Gasteiger partial charge is 0.172 e. The number of anilines is 1. The summed E-state index contributed by atoms with van der Waals surface area (Å²) < 4.78 is 13.3. The van der Waals surface area contributed by atoms with Gasteiger partial charge in [0, 0.05) is 24.3 Å². The Morgan fingerprint density at radius 1 is 1.42 bits per heavy atom. The van der Waals surface area contributed by atoms with E-state index in [9.17, 15) is 4.39 Å². The molecule has 0 saturated heterocycles. The molecule has 0 saturated carbocycles. The molecule has 0 heterocycles. The van der Waals surface area contributed by atoms with Crippen molar-refractivity contribution in [3.63, 3.8) is 0 Å². The number of nitrogens with two attached hydrogens (primary N) is 1. The van der Waals surface area contributed by atoms with Crippen LogP contribution in [-0.4, -0.2) is 24.1 Å². The zero-order valence-corrected chi connectivity index (χ0v) is 11.9. The summed E-state index contributed by atoms with van der Waals surface area (Å²) in [6.07, 6.45) is 1.00. The topological polar surface area (TPSA) is 61.8 Å². The molecule has 19 heavy (non-hydrogen) atoms. The van der Waals surface area contributed by atoms with Gasteiger partial charge in [-0.15, -0.1) is 0 Å². The van der Waals surface area contributed by atoms with Crippen molar-refractivity contribution in [2.45, 2.75) is 33.2 Å². The van der Waals surface area contributed by atoms with E-state index in [1.807, 2.05) is 11.9 Å². The van der Waals surface area contributed by atoms with E-state index in [0.29, 0.717) is 11.5 Å². The fourth-order valence-electron chi connectivity index (χ4n) is 2.15. The van der Waals surface area contributed by atoms with Gasteiger partial charge in [-0.1, -0.05) is 19.0 Å². The first-order valence-corrected chi connectivity index (χ1v) is 6.37. The van der Waals surface area contributed by atoms with Crippen LogP contribution in [0.4, 0.5) is 10.1 Å². The highest BCUT2D eigenvalue weighted by Crippen LogP contribution is 2.24. The van der Waals surface area contributed by atoms with Crippen molar-refractivity contribution in [3.05, 3.63) is 29.6 Å². The first-order valence-electron chi connectivity index (χ1n) is 6.37. The summed E-state index contributed by atoms with van der Waals surface area (Å²) in [6, 6.07) is 4.58. The minimum atomic E-state index is -0.407. The molecule has 0 aliphatic rings. The highest BCUT2D eigenvalue weighted by molar-refractivity contribution is 6.02. The molecule has 1 aromatic carbocycles. The lowest BCUT2D eigenvalue weighted by atomic mass is 10.0. The van der Waals surface area contributed by atoms with E-state index in [0.717, 1.165) is 12.1 Å². The van der Waals surface area contributed by atoms with Crippen LogP contribution in [0.5, 0.6) is 0 Å². The average Bonchev–Trinajstić information content (AvgIpc) is 2.36. The van der Waals surface area contributed by atoms with Crippen LogP contribution in [-0.2, 0) is 0 Å². The molecule has 0 bridgehead atoms. The number of hydrogen-bond donors (Lipinski definition) is 2. The molecule has 0 radical (unpaired) electrons. The maximum atomic E-state index is 13.3. The lowest BCUT2D eigenvalue weighted by Crippen LogP contribution is -2.32. The van der Waals surface area contributed by atoms with Gasteiger partial charge >= 0.3 is 0 Å². The van der Waals surface area contributed by atoms with E-state index in [4.69, 9.17) is 10.9 Å². The van der Waals surface area contributed by atoms with Gasteiger partial charge in [0.05, 0.1) is 0 Å². The first-order chi connectivity index (χ1) is 8.86. The van der Waals surface area contributed by atoms with Crippen LogP contribution < -0.4 is 10.6 Å². The summed E-state index contributed by atoms with van der Waals surface area (Å²) in [6.45, 7) is 6.40. The van der Waals surface area contributed by atoms with Crippen molar-refractivity contribution in [3.8, 4) is 0 Å². The first kappa shape index (κ1) is 15.3. The van der Waals surface area contributed by atoms with Crippen LogP contribution in [0.2, 0.25) is 0 Å². The van der Waals surface area contributed by atoms with Crippen molar-refractivity contribution < 1.29 is 9.60 Å².